The molecule has 2 aromatic carbocycles. The monoisotopic (exact) mass is 576 g/mol. The molecule has 2 N–H and O–H groups in total. The van der Waals surface area contributed by atoms with Crippen LogP contribution in [0.4, 0.5) is 10.0 Å². The minimum atomic E-state index is -0.567. The maximum Gasteiger partial charge on any atom is 0.341 e. The molecule has 0 saturated heterocycles. The lowest BCUT2D eigenvalue weighted by atomic mass is 10.0. The maximum atomic E-state index is 12.8. The number of anilines is 2. The van der Waals surface area contributed by atoms with E-state index in [1.54, 1.807) is 10.8 Å². The summed E-state index contributed by atoms with van der Waals surface area (Å²) >= 11 is 2.42. The van der Waals surface area contributed by atoms with Crippen molar-refractivity contribution in [3.8, 4) is 22.3 Å². The van der Waals surface area contributed by atoms with E-state index in [2.05, 4.69) is 10.6 Å². The first-order valence-electron chi connectivity index (χ1n) is 12.3. The maximum absolute atomic E-state index is 12.8. The lowest BCUT2D eigenvalue weighted by molar-refractivity contribution is -0.121. The van der Waals surface area contributed by atoms with Crippen LogP contribution in [0, 0.1) is 13.8 Å². The van der Waals surface area contributed by atoms with Gasteiger partial charge in [-0.15, -0.1) is 22.7 Å². The Balaban J connectivity index is 1.44. The summed E-state index contributed by atoms with van der Waals surface area (Å²) in [5.41, 5.74) is 5.65. The number of thiophene rings is 2. The first-order valence-corrected chi connectivity index (χ1v) is 14.1. The first kappa shape index (κ1) is 28.7. The van der Waals surface area contributed by atoms with E-state index in [-0.39, 0.29) is 24.0 Å². The third-order valence-corrected chi connectivity index (χ3v) is 7.96. The van der Waals surface area contributed by atoms with Crippen molar-refractivity contribution in [2.45, 2.75) is 26.7 Å². The highest BCUT2D eigenvalue weighted by Gasteiger charge is 2.24. The molecule has 0 fully saturated rings. The summed E-state index contributed by atoms with van der Waals surface area (Å²) in [6, 6.07) is 15.4. The van der Waals surface area contributed by atoms with Gasteiger partial charge in [-0.05, 0) is 25.0 Å². The van der Waals surface area contributed by atoms with Crippen LogP contribution in [0.2, 0.25) is 0 Å². The number of benzene rings is 2. The van der Waals surface area contributed by atoms with Crippen LogP contribution in [0.25, 0.3) is 22.3 Å². The van der Waals surface area contributed by atoms with Crippen LogP contribution >= 0.6 is 22.7 Å². The Kier molecular flexibility index (Phi) is 9.13. The van der Waals surface area contributed by atoms with Gasteiger partial charge in [0.1, 0.15) is 21.1 Å². The second kappa shape index (κ2) is 12.7. The van der Waals surface area contributed by atoms with Crippen LogP contribution < -0.4 is 10.6 Å². The normalized spacial score (nSPS) is 10.6. The predicted molar refractivity (Wildman–Crippen MR) is 158 cm³/mol. The summed E-state index contributed by atoms with van der Waals surface area (Å²) in [5.74, 6) is -2.00. The molecular weight excluding hydrogens is 548 g/mol. The molecule has 2 heterocycles. The van der Waals surface area contributed by atoms with Crippen LogP contribution in [0.1, 0.15) is 44.7 Å². The van der Waals surface area contributed by atoms with Gasteiger partial charge in [0.25, 0.3) is 0 Å². The molecule has 0 saturated carbocycles. The average molecular weight is 577 g/mol. The van der Waals surface area contributed by atoms with Crippen molar-refractivity contribution < 1.29 is 28.7 Å². The van der Waals surface area contributed by atoms with Crippen molar-refractivity contribution >= 4 is 56.4 Å². The van der Waals surface area contributed by atoms with Gasteiger partial charge in [0.15, 0.2) is 0 Å². The van der Waals surface area contributed by atoms with Crippen molar-refractivity contribution in [1.82, 2.24) is 0 Å². The lowest BCUT2D eigenvalue weighted by Gasteiger charge is -2.09. The first-order chi connectivity index (χ1) is 19.2. The number of aryl methyl sites for hydroxylation is 2. The van der Waals surface area contributed by atoms with Crippen molar-refractivity contribution in [2.75, 3.05) is 24.9 Å². The Morgan fingerprint density at radius 3 is 1.30 bits per heavy atom. The molecule has 40 heavy (non-hydrogen) atoms. The van der Waals surface area contributed by atoms with Crippen LogP contribution in [0.5, 0.6) is 0 Å². The highest BCUT2D eigenvalue weighted by Crippen LogP contribution is 2.37. The van der Waals surface area contributed by atoms with Gasteiger partial charge in [-0.1, -0.05) is 59.7 Å². The number of nitrogens with one attached hydrogen (secondary N) is 2. The summed E-state index contributed by atoms with van der Waals surface area (Å²) < 4.78 is 9.92. The number of carbonyl (C=O) groups excluding carboxylic acids is 4. The van der Waals surface area contributed by atoms with Crippen LogP contribution in [0.3, 0.4) is 0 Å². The number of methoxy groups -OCH3 is 2. The van der Waals surface area contributed by atoms with E-state index in [0.717, 1.165) is 22.3 Å². The van der Waals surface area contributed by atoms with Gasteiger partial charge in [0.05, 0.1) is 14.2 Å². The third kappa shape index (κ3) is 6.47. The molecule has 2 aromatic heterocycles. The molecule has 0 spiro atoms. The SMILES string of the molecule is COC(=O)c1c(-c2ccc(C)cc2)csc1NC(=O)CCC(=O)Nc1scc(-c2ccc(C)cc2)c1C(=O)OC. The van der Waals surface area contributed by atoms with E-state index in [1.165, 1.54) is 36.9 Å². The van der Waals surface area contributed by atoms with E-state index in [0.29, 0.717) is 21.1 Å². The Hall–Kier alpha value is -4.28. The molecule has 4 aromatic rings. The fourth-order valence-electron chi connectivity index (χ4n) is 4.01. The number of amides is 2. The van der Waals surface area contributed by atoms with Gasteiger partial charge < -0.3 is 20.1 Å². The topological polar surface area (TPSA) is 111 Å². The molecule has 4 rings (SSSR count). The molecule has 0 radical (unpaired) electrons. The van der Waals surface area contributed by atoms with Gasteiger partial charge in [0.2, 0.25) is 11.8 Å². The summed E-state index contributed by atoms with van der Waals surface area (Å²) in [5, 5.41) is 9.76. The number of rotatable bonds is 9. The Morgan fingerprint density at radius 1 is 0.625 bits per heavy atom. The Morgan fingerprint density at radius 2 is 0.975 bits per heavy atom. The Bertz CT molecular complexity index is 1430. The lowest BCUT2D eigenvalue weighted by Crippen LogP contribution is -2.18. The summed E-state index contributed by atoms with van der Waals surface area (Å²) in [4.78, 5) is 50.7. The van der Waals surface area contributed by atoms with Crippen LogP contribution in [-0.4, -0.2) is 38.0 Å². The minimum Gasteiger partial charge on any atom is -0.465 e. The van der Waals surface area contributed by atoms with E-state index in [4.69, 9.17) is 9.47 Å². The zero-order chi connectivity index (χ0) is 28.8. The standard InChI is InChI=1S/C30H28N2O6S2/c1-17-5-9-19(10-6-17)21-15-39-27(25(21)29(35)37-3)31-23(33)13-14-24(34)32-28-26(30(36)38-4)22(16-40-28)20-11-7-18(2)8-12-20/h5-12,15-16H,13-14H2,1-4H3,(H,31,33)(H,32,34). The number of hydrogen-bond donors (Lipinski definition) is 2. The van der Waals surface area contributed by atoms with Gasteiger partial charge in [-0.2, -0.15) is 0 Å². The highest BCUT2D eigenvalue weighted by molar-refractivity contribution is 7.15. The highest BCUT2D eigenvalue weighted by atomic mass is 32.1. The predicted octanol–water partition coefficient (Wildman–Crippen LogP) is 6.69. The second-order valence-electron chi connectivity index (χ2n) is 9.02. The molecule has 10 heteroatoms. The van der Waals surface area contributed by atoms with Crippen LogP contribution in [-0.2, 0) is 19.1 Å². The Labute approximate surface area is 240 Å². The molecule has 0 unspecified atom stereocenters. The van der Waals surface area contributed by atoms with E-state index in [9.17, 15) is 19.2 Å². The average Bonchev–Trinajstić information content (AvgIpc) is 3.56. The number of esters is 2. The molecule has 0 aliphatic carbocycles. The van der Waals surface area contributed by atoms with E-state index in [1.807, 2.05) is 62.4 Å². The zero-order valence-electron chi connectivity index (χ0n) is 22.5. The van der Waals surface area contributed by atoms with Crippen molar-refractivity contribution in [3.63, 3.8) is 0 Å². The molecular formula is C30H28N2O6S2. The fraction of sp³-hybridized carbons (Fsp3) is 0.200. The number of carbonyl (C=O) groups is 4. The summed E-state index contributed by atoms with van der Waals surface area (Å²) in [6.07, 6.45) is -0.262. The minimum absolute atomic E-state index is 0.131. The molecule has 0 atom stereocenters. The van der Waals surface area contributed by atoms with Crippen molar-refractivity contribution in [1.29, 1.82) is 0 Å². The quantitative estimate of drug-likeness (QED) is 0.215. The second-order valence-corrected chi connectivity index (χ2v) is 10.8. The smallest absolute Gasteiger partial charge is 0.341 e. The zero-order valence-corrected chi connectivity index (χ0v) is 24.1. The third-order valence-electron chi connectivity index (χ3n) is 6.17. The molecule has 0 aliphatic rings. The molecule has 206 valence electrons. The number of hydrogen-bond acceptors (Lipinski definition) is 8. The fourth-order valence-corrected chi connectivity index (χ4v) is 5.95. The van der Waals surface area contributed by atoms with Gasteiger partial charge >= 0.3 is 11.9 Å². The van der Waals surface area contributed by atoms with Crippen molar-refractivity contribution in [2.24, 2.45) is 0 Å². The van der Waals surface area contributed by atoms with Gasteiger partial charge in [0, 0.05) is 34.7 Å². The van der Waals surface area contributed by atoms with E-state index >= 15 is 0 Å². The summed E-state index contributed by atoms with van der Waals surface area (Å²) in [7, 11) is 2.57. The summed E-state index contributed by atoms with van der Waals surface area (Å²) in [6.45, 7) is 3.94. The number of ether oxygens (including phenoxy) is 2. The van der Waals surface area contributed by atoms with Gasteiger partial charge in [-0.25, -0.2) is 9.59 Å². The van der Waals surface area contributed by atoms with Gasteiger partial charge in [-0.3, -0.25) is 9.59 Å². The molecule has 8 nitrogen and oxygen atoms in total. The largest absolute Gasteiger partial charge is 0.465 e. The molecule has 2 amide bonds. The van der Waals surface area contributed by atoms with Crippen LogP contribution in [0.15, 0.2) is 59.3 Å². The van der Waals surface area contributed by atoms with Crippen molar-refractivity contribution in [3.05, 3.63) is 81.5 Å². The molecule has 0 bridgehead atoms. The van der Waals surface area contributed by atoms with E-state index < -0.39 is 23.8 Å². The molecule has 0 aliphatic heterocycles.